The minimum Gasteiger partial charge on any atom is -0.490 e. The third kappa shape index (κ3) is 3.14. The highest BCUT2D eigenvalue weighted by molar-refractivity contribution is 5.65. The molecule has 0 spiro atoms. The van der Waals surface area contributed by atoms with E-state index in [4.69, 9.17) is 4.74 Å². The van der Waals surface area contributed by atoms with Gasteiger partial charge in [-0.2, -0.15) is 0 Å². The largest absolute Gasteiger partial charge is 0.490 e. The predicted octanol–water partition coefficient (Wildman–Crippen LogP) is 2.93. The van der Waals surface area contributed by atoms with Gasteiger partial charge < -0.3 is 15.0 Å². The summed E-state index contributed by atoms with van der Waals surface area (Å²) in [5.41, 5.74) is 0. The highest BCUT2D eigenvalue weighted by atomic mass is 16.5. The van der Waals surface area contributed by atoms with E-state index in [0.29, 0.717) is 12.0 Å². The van der Waals surface area contributed by atoms with Gasteiger partial charge >= 0.3 is 0 Å². The molecule has 0 aliphatic heterocycles. The van der Waals surface area contributed by atoms with Crippen LogP contribution in [0.1, 0.15) is 39.5 Å². The first-order valence-corrected chi connectivity index (χ1v) is 7.50. The van der Waals surface area contributed by atoms with Gasteiger partial charge in [0.25, 0.3) is 0 Å². The van der Waals surface area contributed by atoms with Crippen LogP contribution in [0.4, 0.5) is 11.6 Å². The second-order valence-corrected chi connectivity index (χ2v) is 5.81. The number of ether oxygens (including phenoxy) is 1. The monoisotopic (exact) mass is 278 g/mol. The van der Waals surface area contributed by atoms with Gasteiger partial charge in [-0.3, -0.25) is 0 Å². The Bertz CT molecular complexity index is 430. The van der Waals surface area contributed by atoms with Crippen molar-refractivity contribution in [2.75, 3.05) is 30.9 Å². The zero-order valence-electron chi connectivity index (χ0n) is 13.0. The number of nitrogens with one attached hydrogen (secondary N) is 1. The minimum absolute atomic E-state index is 0.575. The summed E-state index contributed by atoms with van der Waals surface area (Å²) in [5, 5.41) is 3.08. The number of hydrogen-bond donors (Lipinski definition) is 1. The van der Waals surface area contributed by atoms with Crippen molar-refractivity contribution in [2.45, 2.75) is 45.6 Å². The van der Waals surface area contributed by atoms with E-state index in [1.165, 1.54) is 25.7 Å². The van der Waals surface area contributed by atoms with Crippen molar-refractivity contribution in [3.8, 4) is 5.75 Å². The average molecular weight is 278 g/mol. The van der Waals surface area contributed by atoms with Gasteiger partial charge in [0.05, 0.1) is 7.11 Å². The highest BCUT2D eigenvalue weighted by Gasteiger charge is 2.27. The Labute approximate surface area is 121 Å². The van der Waals surface area contributed by atoms with Crippen LogP contribution < -0.4 is 15.0 Å². The fourth-order valence-corrected chi connectivity index (χ4v) is 2.95. The maximum Gasteiger partial charge on any atom is 0.204 e. The summed E-state index contributed by atoms with van der Waals surface area (Å²) in [6.07, 6.45) is 6.73. The third-order valence-corrected chi connectivity index (χ3v) is 3.83. The number of rotatable bonds is 6. The molecule has 0 radical (unpaired) electrons. The first-order chi connectivity index (χ1) is 9.67. The van der Waals surface area contributed by atoms with Crippen LogP contribution in [0.2, 0.25) is 0 Å². The molecule has 1 N–H and O–H groups in total. The van der Waals surface area contributed by atoms with Crippen molar-refractivity contribution in [1.82, 2.24) is 9.97 Å². The van der Waals surface area contributed by atoms with Crippen LogP contribution >= 0.6 is 0 Å². The Morgan fingerprint density at radius 3 is 2.60 bits per heavy atom. The second kappa shape index (κ2) is 6.77. The molecule has 1 saturated carbocycles. The predicted molar refractivity (Wildman–Crippen MR) is 82.6 cm³/mol. The molecule has 1 aromatic heterocycles. The van der Waals surface area contributed by atoms with E-state index in [2.05, 4.69) is 34.0 Å². The molecule has 2 rings (SSSR count). The quantitative estimate of drug-likeness (QED) is 0.867. The smallest absolute Gasteiger partial charge is 0.204 e. The standard InChI is InChI=1S/C15H26N4O/c1-11(2)9-19(12-7-5-6-8-12)15-13(20-4)14(16-3)17-10-18-15/h10-12H,5-9H2,1-4H3,(H,16,17,18). The van der Waals surface area contributed by atoms with Crippen molar-refractivity contribution in [3.63, 3.8) is 0 Å². The SMILES string of the molecule is CNc1ncnc(N(CC(C)C)C2CCCC2)c1OC. The summed E-state index contributed by atoms with van der Waals surface area (Å²) >= 11 is 0. The van der Waals surface area contributed by atoms with E-state index in [9.17, 15) is 0 Å². The van der Waals surface area contributed by atoms with Crippen LogP contribution in [0.15, 0.2) is 6.33 Å². The second-order valence-electron chi connectivity index (χ2n) is 5.81. The summed E-state index contributed by atoms with van der Waals surface area (Å²) < 4.78 is 5.56. The lowest BCUT2D eigenvalue weighted by molar-refractivity contribution is 0.408. The van der Waals surface area contributed by atoms with Crippen molar-refractivity contribution in [2.24, 2.45) is 5.92 Å². The van der Waals surface area contributed by atoms with Crippen LogP contribution in [0.25, 0.3) is 0 Å². The molecule has 0 atom stereocenters. The molecule has 1 aliphatic rings. The maximum absolute atomic E-state index is 5.56. The zero-order chi connectivity index (χ0) is 14.5. The fraction of sp³-hybridized carbons (Fsp3) is 0.733. The molecular formula is C15H26N4O. The molecule has 1 heterocycles. The molecule has 20 heavy (non-hydrogen) atoms. The number of methoxy groups -OCH3 is 1. The molecule has 112 valence electrons. The van der Waals surface area contributed by atoms with E-state index >= 15 is 0 Å². The summed E-state index contributed by atoms with van der Waals surface area (Å²) in [7, 11) is 3.54. The van der Waals surface area contributed by atoms with Gasteiger partial charge in [-0.15, -0.1) is 0 Å². The lowest BCUT2D eigenvalue weighted by Gasteiger charge is -2.32. The Morgan fingerprint density at radius 1 is 1.35 bits per heavy atom. The van der Waals surface area contributed by atoms with Crippen molar-refractivity contribution < 1.29 is 4.74 Å². The van der Waals surface area contributed by atoms with E-state index in [-0.39, 0.29) is 0 Å². The van der Waals surface area contributed by atoms with Crippen molar-refractivity contribution in [1.29, 1.82) is 0 Å². The van der Waals surface area contributed by atoms with Crippen LogP contribution in [-0.2, 0) is 0 Å². The van der Waals surface area contributed by atoms with Gasteiger partial charge in [-0.1, -0.05) is 26.7 Å². The summed E-state index contributed by atoms with van der Waals surface area (Å²) in [4.78, 5) is 11.2. The zero-order valence-corrected chi connectivity index (χ0v) is 13.0. The molecule has 0 amide bonds. The normalized spacial score (nSPS) is 15.7. The third-order valence-electron chi connectivity index (χ3n) is 3.83. The molecule has 0 aromatic carbocycles. The number of nitrogens with zero attached hydrogens (tertiary/aromatic N) is 3. The van der Waals surface area contributed by atoms with Gasteiger partial charge in [0.15, 0.2) is 11.6 Å². The molecule has 5 heteroatoms. The van der Waals surface area contributed by atoms with Gasteiger partial charge in [-0.25, -0.2) is 9.97 Å². The van der Waals surface area contributed by atoms with Gasteiger partial charge in [0.1, 0.15) is 6.33 Å². The van der Waals surface area contributed by atoms with Gasteiger partial charge in [0, 0.05) is 19.6 Å². The van der Waals surface area contributed by atoms with Crippen LogP contribution in [0, 0.1) is 5.92 Å². The average Bonchev–Trinajstić information content (AvgIpc) is 2.97. The molecule has 1 fully saturated rings. The topological polar surface area (TPSA) is 50.3 Å². The Hall–Kier alpha value is -1.52. The maximum atomic E-state index is 5.56. The van der Waals surface area contributed by atoms with Crippen molar-refractivity contribution >= 4 is 11.6 Å². The van der Waals surface area contributed by atoms with Gasteiger partial charge in [-0.05, 0) is 18.8 Å². The van der Waals surface area contributed by atoms with E-state index < -0.39 is 0 Å². The number of hydrogen-bond acceptors (Lipinski definition) is 5. The first-order valence-electron chi connectivity index (χ1n) is 7.50. The molecule has 1 aromatic rings. The Morgan fingerprint density at radius 2 is 2.05 bits per heavy atom. The molecule has 0 unspecified atom stereocenters. The summed E-state index contributed by atoms with van der Waals surface area (Å²) in [6, 6.07) is 0.575. The molecule has 0 saturated heterocycles. The molecular weight excluding hydrogens is 252 g/mol. The van der Waals surface area contributed by atoms with E-state index in [1.54, 1.807) is 13.4 Å². The molecule has 0 bridgehead atoms. The lowest BCUT2D eigenvalue weighted by Crippen LogP contribution is -2.37. The molecule has 1 aliphatic carbocycles. The van der Waals surface area contributed by atoms with Crippen molar-refractivity contribution in [3.05, 3.63) is 6.33 Å². The summed E-state index contributed by atoms with van der Waals surface area (Å²) in [6.45, 7) is 5.49. The fourth-order valence-electron chi connectivity index (χ4n) is 2.95. The lowest BCUT2D eigenvalue weighted by atomic mass is 10.1. The van der Waals surface area contributed by atoms with E-state index in [1.807, 2.05) is 7.05 Å². The van der Waals surface area contributed by atoms with Gasteiger partial charge in [0.2, 0.25) is 5.75 Å². The van der Waals surface area contributed by atoms with Crippen LogP contribution in [0.3, 0.4) is 0 Å². The Balaban J connectivity index is 2.36. The van der Waals surface area contributed by atoms with E-state index in [0.717, 1.165) is 23.9 Å². The van der Waals surface area contributed by atoms with Crippen LogP contribution in [0.5, 0.6) is 5.75 Å². The number of aromatic nitrogens is 2. The van der Waals surface area contributed by atoms with Crippen LogP contribution in [-0.4, -0.2) is 36.7 Å². The number of anilines is 2. The Kier molecular flexibility index (Phi) is 5.04. The highest BCUT2D eigenvalue weighted by Crippen LogP contribution is 2.36. The summed E-state index contributed by atoms with van der Waals surface area (Å²) in [5.74, 6) is 3.02. The molecule has 5 nitrogen and oxygen atoms in total. The first kappa shape index (κ1) is 14.9. The minimum atomic E-state index is 0.575.